The molecule has 0 spiro atoms. The molecule has 0 aliphatic carbocycles. The second-order valence-electron chi connectivity index (χ2n) is 4.55. The summed E-state index contributed by atoms with van der Waals surface area (Å²) in [7, 11) is 0. The lowest BCUT2D eigenvalue weighted by Gasteiger charge is -2.12. The first kappa shape index (κ1) is 17.4. The van der Waals surface area contributed by atoms with Crippen molar-refractivity contribution >= 4 is 17.9 Å². The zero-order valence-corrected chi connectivity index (χ0v) is 12.7. The van der Waals surface area contributed by atoms with Crippen LogP contribution in [0.25, 0.3) is 0 Å². The van der Waals surface area contributed by atoms with Gasteiger partial charge in [0.25, 0.3) is 5.91 Å². The minimum atomic E-state index is -1.04. The molecule has 0 fully saturated rings. The SMILES string of the molecule is CC/C=C/C(=O)O[C@@H](C)C(=O)NC(=O)NCc1ccccc1. The maximum atomic E-state index is 11.7. The summed E-state index contributed by atoms with van der Waals surface area (Å²) in [5.41, 5.74) is 0.911. The Hall–Kier alpha value is -2.63. The third-order valence-corrected chi connectivity index (χ3v) is 2.68. The van der Waals surface area contributed by atoms with Crippen molar-refractivity contribution in [2.24, 2.45) is 0 Å². The Morgan fingerprint density at radius 1 is 1.23 bits per heavy atom. The van der Waals surface area contributed by atoms with E-state index in [0.717, 1.165) is 5.56 Å². The van der Waals surface area contributed by atoms with Gasteiger partial charge in [0.15, 0.2) is 6.10 Å². The van der Waals surface area contributed by atoms with Crippen molar-refractivity contribution in [3.63, 3.8) is 0 Å². The van der Waals surface area contributed by atoms with E-state index in [0.29, 0.717) is 13.0 Å². The fourth-order valence-corrected chi connectivity index (χ4v) is 1.52. The average molecular weight is 304 g/mol. The largest absolute Gasteiger partial charge is 0.449 e. The summed E-state index contributed by atoms with van der Waals surface area (Å²) >= 11 is 0. The van der Waals surface area contributed by atoms with Gasteiger partial charge in [0, 0.05) is 12.6 Å². The summed E-state index contributed by atoms with van der Waals surface area (Å²) in [6.07, 6.45) is 2.52. The Morgan fingerprint density at radius 2 is 1.91 bits per heavy atom. The zero-order valence-electron chi connectivity index (χ0n) is 12.7. The third kappa shape index (κ3) is 6.69. The Bertz CT molecular complexity index is 540. The van der Waals surface area contributed by atoms with E-state index in [9.17, 15) is 14.4 Å². The lowest BCUT2D eigenvalue weighted by Crippen LogP contribution is -2.44. The number of esters is 1. The van der Waals surface area contributed by atoms with E-state index in [1.165, 1.54) is 13.0 Å². The molecule has 2 N–H and O–H groups in total. The normalized spacial score (nSPS) is 11.7. The molecule has 1 aromatic rings. The average Bonchev–Trinajstić information content (AvgIpc) is 2.51. The highest BCUT2D eigenvalue weighted by Crippen LogP contribution is 1.97. The van der Waals surface area contributed by atoms with E-state index in [1.54, 1.807) is 6.08 Å². The number of nitrogens with one attached hydrogen (secondary N) is 2. The number of amides is 3. The van der Waals surface area contributed by atoms with Crippen molar-refractivity contribution < 1.29 is 19.1 Å². The fourth-order valence-electron chi connectivity index (χ4n) is 1.52. The maximum Gasteiger partial charge on any atom is 0.331 e. The molecule has 1 rings (SSSR count). The van der Waals surface area contributed by atoms with Crippen LogP contribution in [0.15, 0.2) is 42.5 Å². The van der Waals surface area contributed by atoms with Crippen molar-refractivity contribution in [1.29, 1.82) is 0 Å². The summed E-state index contributed by atoms with van der Waals surface area (Å²) in [4.78, 5) is 34.6. The highest BCUT2D eigenvalue weighted by molar-refractivity contribution is 5.97. The highest BCUT2D eigenvalue weighted by Gasteiger charge is 2.18. The monoisotopic (exact) mass is 304 g/mol. The van der Waals surface area contributed by atoms with Crippen LogP contribution in [0.5, 0.6) is 0 Å². The van der Waals surface area contributed by atoms with E-state index in [1.807, 2.05) is 37.3 Å². The molecule has 0 radical (unpaired) electrons. The van der Waals surface area contributed by atoms with Gasteiger partial charge in [-0.25, -0.2) is 9.59 Å². The van der Waals surface area contributed by atoms with Gasteiger partial charge < -0.3 is 10.1 Å². The van der Waals surface area contributed by atoms with Crippen LogP contribution >= 0.6 is 0 Å². The van der Waals surface area contributed by atoms with Gasteiger partial charge in [0.05, 0.1) is 0 Å². The van der Waals surface area contributed by atoms with Crippen LogP contribution < -0.4 is 10.6 Å². The van der Waals surface area contributed by atoms with Gasteiger partial charge in [-0.05, 0) is 18.9 Å². The molecule has 0 unspecified atom stereocenters. The number of hydrogen-bond donors (Lipinski definition) is 2. The van der Waals surface area contributed by atoms with Gasteiger partial charge in [-0.1, -0.05) is 43.3 Å². The van der Waals surface area contributed by atoms with Gasteiger partial charge in [-0.15, -0.1) is 0 Å². The van der Waals surface area contributed by atoms with Crippen LogP contribution in [0.4, 0.5) is 4.79 Å². The summed E-state index contributed by atoms with van der Waals surface area (Å²) in [5.74, 6) is -1.29. The van der Waals surface area contributed by atoms with Crippen molar-refractivity contribution in [3.8, 4) is 0 Å². The third-order valence-electron chi connectivity index (χ3n) is 2.68. The van der Waals surface area contributed by atoms with Crippen LogP contribution in [-0.2, 0) is 20.9 Å². The summed E-state index contributed by atoms with van der Waals surface area (Å²) in [5, 5.41) is 4.67. The van der Waals surface area contributed by atoms with E-state index in [2.05, 4.69) is 10.6 Å². The van der Waals surface area contributed by atoms with E-state index < -0.39 is 24.0 Å². The summed E-state index contributed by atoms with van der Waals surface area (Å²) < 4.78 is 4.86. The number of hydrogen-bond acceptors (Lipinski definition) is 4. The zero-order chi connectivity index (χ0) is 16.4. The lowest BCUT2D eigenvalue weighted by atomic mass is 10.2. The minimum Gasteiger partial charge on any atom is -0.449 e. The van der Waals surface area contributed by atoms with Gasteiger partial charge in [-0.3, -0.25) is 10.1 Å². The number of benzene rings is 1. The van der Waals surface area contributed by atoms with E-state index >= 15 is 0 Å². The molecule has 0 heterocycles. The summed E-state index contributed by atoms with van der Waals surface area (Å²) in [6, 6.07) is 8.65. The number of ether oxygens (including phenoxy) is 1. The van der Waals surface area contributed by atoms with Crippen molar-refractivity contribution in [2.45, 2.75) is 32.9 Å². The van der Waals surface area contributed by atoms with Gasteiger partial charge in [-0.2, -0.15) is 0 Å². The van der Waals surface area contributed by atoms with Gasteiger partial charge in [0.1, 0.15) is 0 Å². The minimum absolute atomic E-state index is 0.299. The number of carbonyl (C=O) groups excluding carboxylic acids is 3. The summed E-state index contributed by atoms with van der Waals surface area (Å²) in [6.45, 7) is 3.57. The molecule has 1 aromatic carbocycles. The molecule has 0 bridgehead atoms. The van der Waals surface area contributed by atoms with Crippen LogP contribution in [0.1, 0.15) is 25.8 Å². The predicted molar refractivity (Wildman–Crippen MR) is 81.8 cm³/mol. The molecule has 0 aromatic heterocycles. The number of rotatable bonds is 6. The Labute approximate surface area is 129 Å². The van der Waals surface area contributed by atoms with Crippen LogP contribution in [0.3, 0.4) is 0 Å². The molecule has 0 aliphatic rings. The standard InChI is InChI=1S/C16H20N2O4/c1-3-4-10-14(19)22-12(2)15(20)18-16(21)17-11-13-8-6-5-7-9-13/h4-10,12H,3,11H2,1-2H3,(H2,17,18,20,21)/b10-4+/t12-/m0/s1. The maximum absolute atomic E-state index is 11.7. The first-order chi connectivity index (χ1) is 10.5. The number of carbonyl (C=O) groups is 3. The topological polar surface area (TPSA) is 84.5 Å². The van der Waals surface area contributed by atoms with E-state index in [-0.39, 0.29) is 0 Å². The first-order valence-corrected chi connectivity index (χ1v) is 7.02. The number of allylic oxidation sites excluding steroid dienone is 1. The van der Waals surface area contributed by atoms with Gasteiger partial charge >= 0.3 is 12.0 Å². The molecule has 1 atom stereocenters. The molecule has 22 heavy (non-hydrogen) atoms. The molecule has 0 saturated carbocycles. The quantitative estimate of drug-likeness (QED) is 0.621. The molecule has 6 heteroatoms. The molecule has 6 nitrogen and oxygen atoms in total. The number of imide groups is 1. The smallest absolute Gasteiger partial charge is 0.331 e. The molecular weight excluding hydrogens is 284 g/mol. The van der Waals surface area contributed by atoms with Crippen LogP contribution in [0.2, 0.25) is 0 Å². The Kier molecular flexibility index (Phi) is 7.39. The second kappa shape index (κ2) is 9.33. The number of urea groups is 1. The molecule has 118 valence electrons. The fraction of sp³-hybridized carbons (Fsp3) is 0.312. The Morgan fingerprint density at radius 3 is 2.55 bits per heavy atom. The van der Waals surface area contributed by atoms with Crippen molar-refractivity contribution in [3.05, 3.63) is 48.0 Å². The van der Waals surface area contributed by atoms with Crippen LogP contribution in [-0.4, -0.2) is 24.0 Å². The lowest BCUT2D eigenvalue weighted by molar-refractivity contribution is -0.149. The Balaban J connectivity index is 2.35. The molecule has 0 saturated heterocycles. The van der Waals surface area contributed by atoms with Crippen LogP contribution in [0, 0.1) is 0 Å². The second-order valence-corrected chi connectivity index (χ2v) is 4.55. The predicted octanol–water partition coefficient (Wildman–Crippen LogP) is 1.91. The molecule has 0 aliphatic heterocycles. The van der Waals surface area contributed by atoms with Crippen molar-refractivity contribution in [2.75, 3.05) is 0 Å². The van der Waals surface area contributed by atoms with E-state index in [4.69, 9.17) is 4.74 Å². The first-order valence-electron chi connectivity index (χ1n) is 7.02. The highest BCUT2D eigenvalue weighted by atomic mass is 16.5. The molecular formula is C16H20N2O4. The van der Waals surface area contributed by atoms with Crippen molar-refractivity contribution in [1.82, 2.24) is 10.6 Å². The van der Waals surface area contributed by atoms with Gasteiger partial charge in [0.2, 0.25) is 0 Å². The molecule has 3 amide bonds.